The molecule has 344 valence electrons. The van der Waals surface area contributed by atoms with Crippen molar-refractivity contribution in [2.75, 3.05) is 24.1 Å². The van der Waals surface area contributed by atoms with Crippen molar-refractivity contribution in [2.45, 2.75) is 49.8 Å². The van der Waals surface area contributed by atoms with E-state index in [-0.39, 0.29) is 34.7 Å². The number of halogens is 15. The van der Waals surface area contributed by atoms with Gasteiger partial charge in [-0.1, -0.05) is 0 Å². The smallest absolute Gasteiger partial charge is 0.475 e. The number of pyridine rings is 1. The van der Waals surface area contributed by atoms with Gasteiger partial charge < -0.3 is 36.1 Å². The van der Waals surface area contributed by atoms with Crippen LogP contribution in [0.3, 0.4) is 0 Å². The van der Waals surface area contributed by atoms with E-state index >= 15 is 0 Å². The number of nitrogens with zero attached hydrogens (tertiary/aromatic N) is 4. The number of nitrogen functional groups attached to an aromatic ring is 1. The second-order valence-electron chi connectivity index (χ2n) is 12.4. The Bertz CT molecular complexity index is 2290. The van der Waals surface area contributed by atoms with Crippen LogP contribution in [0.2, 0.25) is 0 Å². The molecule has 5 aromatic rings. The molecule has 1 saturated heterocycles. The van der Waals surface area contributed by atoms with Gasteiger partial charge in [0.2, 0.25) is 5.89 Å². The van der Waals surface area contributed by atoms with Gasteiger partial charge in [-0.15, -0.1) is 0 Å². The number of carboxylic acids is 3. The van der Waals surface area contributed by atoms with Crippen LogP contribution in [0.15, 0.2) is 65.5 Å². The molecule has 0 amide bonds. The maximum atomic E-state index is 13.3. The van der Waals surface area contributed by atoms with E-state index in [4.69, 9.17) is 39.9 Å². The predicted octanol–water partition coefficient (Wildman–Crippen LogP) is 8.94. The zero-order valence-corrected chi connectivity index (χ0v) is 30.7. The number of nitrogens with two attached hydrogens (primary N) is 1. The molecular formula is C34H26F15N7O7. The summed E-state index contributed by atoms with van der Waals surface area (Å²) in [5.41, 5.74) is 5.74. The Morgan fingerprint density at radius 3 is 1.65 bits per heavy atom. The van der Waals surface area contributed by atoms with Gasteiger partial charge in [0.1, 0.15) is 11.3 Å². The van der Waals surface area contributed by atoms with Gasteiger partial charge in [-0.2, -0.15) is 71.0 Å². The molecule has 14 nitrogen and oxygen atoms in total. The average Bonchev–Trinajstić information content (AvgIpc) is 3.82. The van der Waals surface area contributed by atoms with Crippen LogP contribution in [0, 0.1) is 0 Å². The van der Waals surface area contributed by atoms with Crippen molar-refractivity contribution < 1.29 is 100.0 Å². The number of aliphatic carboxylic acids is 3. The fraction of sp³-hybridized carbons (Fsp3) is 0.294. The topological polar surface area (TPSA) is 219 Å². The van der Waals surface area contributed by atoms with E-state index in [1.807, 2.05) is 10.9 Å². The highest BCUT2D eigenvalue weighted by atomic mass is 19.4. The van der Waals surface area contributed by atoms with E-state index in [0.717, 1.165) is 37.1 Å². The first-order chi connectivity index (χ1) is 28.8. The van der Waals surface area contributed by atoms with Crippen molar-refractivity contribution in [3.63, 3.8) is 0 Å². The summed E-state index contributed by atoms with van der Waals surface area (Å²) in [5.74, 6) is -7.95. The van der Waals surface area contributed by atoms with Crippen molar-refractivity contribution in [3.05, 3.63) is 72.2 Å². The van der Waals surface area contributed by atoms with Gasteiger partial charge in [0.15, 0.2) is 5.58 Å². The van der Waals surface area contributed by atoms with Gasteiger partial charge in [-0.3, -0.25) is 4.68 Å². The second-order valence-corrected chi connectivity index (χ2v) is 12.4. The van der Waals surface area contributed by atoms with Crippen LogP contribution in [-0.4, -0.2) is 84.6 Å². The van der Waals surface area contributed by atoms with Crippen molar-refractivity contribution in [3.8, 4) is 22.6 Å². The number of nitrogens with one attached hydrogen (secondary N) is 2. The highest BCUT2D eigenvalue weighted by Gasteiger charge is 2.40. The number of benzene rings is 2. The molecule has 2 aromatic carbocycles. The summed E-state index contributed by atoms with van der Waals surface area (Å²) in [6, 6.07) is 7.79. The quantitative estimate of drug-likeness (QED) is 0.0908. The monoisotopic (exact) mass is 929 g/mol. The molecule has 29 heteroatoms. The molecule has 63 heavy (non-hydrogen) atoms. The molecular weight excluding hydrogens is 903 g/mol. The molecule has 1 fully saturated rings. The van der Waals surface area contributed by atoms with Gasteiger partial charge in [0, 0.05) is 41.0 Å². The Labute approximate surface area is 340 Å². The van der Waals surface area contributed by atoms with Crippen molar-refractivity contribution in [2.24, 2.45) is 0 Å². The second kappa shape index (κ2) is 19.5. The maximum Gasteiger partial charge on any atom is 0.490 e. The number of carbonyl (C=O) groups is 3. The minimum Gasteiger partial charge on any atom is -0.475 e. The van der Waals surface area contributed by atoms with Crippen LogP contribution in [0.1, 0.15) is 30.0 Å². The van der Waals surface area contributed by atoms with Crippen LogP contribution in [0.5, 0.6) is 0 Å². The first-order valence-corrected chi connectivity index (χ1v) is 16.7. The zero-order valence-electron chi connectivity index (χ0n) is 30.7. The summed E-state index contributed by atoms with van der Waals surface area (Å²) in [6.45, 7) is 1.86. The van der Waals surface area contributed by atoms with Gasteiger partial charge in [-0.05, 0) is 62.3 Å². The molecule has 6 rings (SSSR count). The van der Waals surface area contributed by atoms with E-state index in [2.05, 4.69) is 25.7 Å². The van der Waals surface area contributed by atoms with Crippen molar-refractivity contribution in [1.29, 1.82) is 0 Å². The molecule has 0 atom stereocenters. The van der Waals surface area contributed by atoms with Gasteiger partial charge in [-0.25, -0.2) is 24.4 Å². The third kappa shape index (κ3) is 15.0. The van der Waals surface area contributed by atoms with Crippen LogP contribution < -0.4 is 16.4 Å². The zero-order chi connectivity index (χ0) is 47.9. The minimum absolute atomic E-state index is 0.0716. The van der Waals surface area contributed by atoms with E-state index in [0.29, 0.717) is 29.3 Å². The Morgan fingerprint density at radius 1 is 0.698 bits per heavy atom. The molecule has 0 unspecified atom stereocenters. The lowest BCUT2D eigenvalue weighted by molar-refractivity contribution is -0.193. The number of hydrogen-bond donors (Lipinski definition) is 6. The van der Waals surface area contributed by atoms with E-state index in [1.165, 1.54) is 18.2 Å². The standard InChI is InChI=1S/C28H23F6N7O.3C2HF3O2/c29-27(30,31)17-8-18(28(32,33)34)10-20(9-17)39-19-1-2-23-24(11-19)42-26(40-23)22-7-15(12-37-25(22)35)16-13-38-41(14-16)21-3-5-36-6-4-21;3*3-2(4,5)1(6)7/h1-2,7-14,21,36,39H,3-6H2,(H2,35,37);3*(H,6,7). The summed E-state index contributed by atoms with van der Waals surface area (Å²) < 4.78 is 183. The summed E-state index contributed by atoms with van der Waals surface area (Å²) in [4.78, 5) is 35.4. The highest BCUT2D eigenvalue weighted by molar-refractivity contribution is 5.84. The lowest BCUT2D eigenvalue weighted by Crippen LogP contribution is -2.29. The van der Waals surface area contributed by atoms with E-state index < -0.39 is 59.9 Å². The molecule has 0 aliphatic carbocycles. The molecule has 4 heterocycles. The average molecular weight is 930 g/mol. The Hall–Kier alpha value is -6.81. The first kappa shape index (κ1) is 50.5. The van der Waals surface area contributed by atoms with Crippen LogP contribution >= 0.6 is 0 Å². The number of hydrogen-bond acceptors (Lipinski definition) is 10. The van der Waals surface area contributed by atoms with Gasteiger partial charge in [0.25, 0.3) is 0 Å². The Balaban J connectivity index is 0.000000416. The summed E-state index contributed by atoms with van der Waals surface area (Å²) in [7, 11) is 0. The normalized spacial score (nSPS) is 13.7. The number of alkyl halides is 15. The SMILES string of the molecule is Nc1ncc(-c2cnn(C3CCNCC3)c2)cc1-c1nc2ccc(Nc3cc(C(F)(F)F)cc(C(F)(F)F)c3)cc2o1.O=C(O)C(F)(F)F.O=C(O)C(F)(F)F.O=C(O)C(F)(F)F. The van der Waals surface area contributed by atoms with Crippen LogP contribution in [0.4, 0.5) is 83.0 Å². The molecule has 0 spiro atoms. The number of aromatic nitrogens is 4. The molecule has 1 aliphatic heterocycles. The van der Waals surface area contributed by atoms with Gasteiger partial charge >= 0.3 is 48.8 Å². The first-order valence-electron chi connectivity index (χ1n) is 16.7. The number of anilines is 3. The lowest BCUT2D eigenvalue weighted by Gasteiger charge is -2.22. The van der Waals surface area contributed by atoms with Gasteiger partial charge in [0.05, 0.1) is 28.9 Å². The molecule has 7 N–H and O–H groups in total. The number of carboxylic acid groups (broad SMARTS) is 3. The molecule has 0 saturated carbocycles. The van der Waals surface area contributed by atoms with Crippen LogP contribution in [0.25, 0.3) is 33.7 Å². The van der Waals surface area contributed by atoms with Crippen molar-refractivity contribution in [1.82, 2.24) is 25.1 Å². The van der Waals surface area contributed by atoms with E-state index in [1.54, 1.807) is 18.5 Å². The molecule has 0 radical (unpaired) electrons. The number of fused-ring (bicyclic) bond motifs is 1. The predicted molar refractivity (Wildman–Crippen MR) is 185 cm³/mol. The van der Waals surface area contributed by atoms with E-state index in [9.17, 15) is 65.9 Å². The fourth-order valence-corrected chi connectivity index (χ4v) is 4.87. The number of oxazole rings is 1. The molecule has 1 aliphatic rings. The largest absolute Gasteiger partial charge is 0.490 e. The summed E-state index contributed by atoms with van der Waals surface area (Å²) in [5, 5.41) is 31.8. The Morgan fingerprint density at radius 2 is 1.19 bits per heavy atom. The third-order valence-corrected chi connectivity index (χ3v) is 7.76. The highest BCUT2D eigenvalue weighted by Crippen LogP contribution is 2.39. The third-order valence-electron chi connectivity index (χ3n) is 7.76. The fourth-order valence-electron chi connectivity index (χ4n) is 4.87. The van der Waals surface area contributed by atoms with Crippen molar-refractivity contribution >= 4 is 46.2 Å². The maximum absolute atomic E-state index is 13.3. The minimum atomic E-state index is -5.08. The summed E-state index contributed by atoms with van der Waals surface area (Å²) >= 11 is 0. The van der Waals surface area contributed by atoms with Crippen LogP contribution in [-0.2, 0) is 26.7 Å². The Kier molecular flexibility index (Phi) is 15.6. The summed E-state index contributed by atoms with van der Waals surface area (Å²) in [6.07, 6.45) is -17.9. The molecule has 0 bridgehead atoms. The lowest BCUT2D eigenvalue weighted by atomic mass is 10.1. The molecule has 3 aromatic heterocycles. The number of rotatable bonds is 5. The number of piperidine rings is 1.